The van der Waals surface area contributed by atoms with Crippen LogP contribution < -0.4 is 14.8 Å². The molecule has 1 aromatic carbocycles. The Hall–Kier alpha value is -2.47. The van der Waals surface area contributed by atoms with Crippen molar-refractivity contribution in [1.29, 1.82) is 0 Å². The predicted octanol–water partition coefficient (Wildman–Crippen LogP) is 3.13. The maximum Gasteiger partial charge on any atom is 0.267 e. The van der Waals surface area contributed by atoms with Gasteiger partial charge in [0.1, 0.15) is 5.69 Å². The molecule has 0 aliphatic carbocycles. The Bertz CT molecular complexity index is 800. The number of nitrogens with one attached hydrogen (secondary N) is 1. The zero-order chi connectivity index (χ0) is 19.4. The van der Waals surface area contributed by atoms with Crippen LogP contribution >= 0.6 is 0 Å². The zero-order valence-electron chi connectivity index (χ0n) is 16.6. The van der Waals surface area contributed by atoms with E-state index in [9.17, 15) is 4.79 Å². The SMILES string of the molecule is CNC(=O)c1ccc([C@@H]2CCCCN2Cc2ccc(OC)c(OC)c2)n1C. The van der Waals surface area contributed by atoms with E-state index in [0.717, 1.165) is 31.0 Å². The van der Waals surface area contributed by atoms with Crippen molar-refractivity contribution in [1.82, 2.24) is 14.8 Å². The van der Waals surface area contributed by atoms with Gasteiger partial charge in [-0.2, -0.15) is 0 Å². The molecule has 1 fully saturated rings. The lowest BCUT2D eigenvalue weighted by Crippen LogP contribution is -2.34. The number of hydrogen-bond acceptors (Lipinski definition) is 4. The summed E-state index contributed by atoms with van der Waals surface area (Å²) in [5.41, 5.74) is 3.08. The van der Waals surface area contributed by atoms with Gasteiger partial charge in [-0.15, -0.1) is 0 Å². The summed E-state index contributed by atoms with van der Waals surface area (Å²) in [6, 6.07) is 10.4. The summed E-state index contributed by atoms with van der Waals surface area (Å²) >= 11 is 0. The van der Waals surface area contributed by atoms with Crippen molar-refractivity contribution in [2.45, 2.75) is 31.8 Å². The number of aromatic nitrogens is 1. The lowest BCUT2D eigenvalue weighted by molar-refractivity contribution is 0.0952. The van der Waals surface area contributed by atoms with Gasteiger partial charge in [-0.05, 0) is 49.2 Å². The topological polar surface area (TPSA) is 55.7 Å². The van der Waals surface area contributed by atoms with E-state index in [1.807, 2.05) is 29.8 Å². The van der Waals surface area contributed by atoms with Crippen LogP contribution in [-0.2, 0) is 13.6 Å². The van der Waals surface area contributed by atoms with Gasteiger partial charge in [0.25, 0.3) is 5.91 Å². The van der Waals surface area contributed by atoms with Crippen molar-refractivity contribution in [3.8, 4) is 11.5 Å². The van der Waals surface area contributed by atoms with Gasteiger partial charge in [-0.25, -0.2) is 0 Å². The summed E-state index contributed by atoms with van der Waals surface area (Å²) in [5.74, 6) is 1.45. The molecule has 2 aromatic rings. The summed E-state index contributed by atoms with van der Waals surface area (Å²) in [6.07, 6.45) is 3.49. The van der Waals surface area contributed by atoms with E-state index in [-0.39, 0.29) is 5.91 Å². The first-order valence-electron chi connectivity index (χ1n) is 9.41. The van der Waals surface area contributed by atoms with E-state index >= 15 is 0 Å². The van der Waals surface area contributed by atoms with Gasteiger partial charge in [0.15, 0.2) is 11.5 Å². The summed E-state index contributed by atoms with van der Waals surface area (Å²) in [5, 5.41) is 2.71. The molecule has 6 nitrogen and oxygen atoms in total. The third-order valence-corrected chi connectivity index (χ3v) is 5.41. The number of benzene rings is 1. The van der Waals surface area contributed by atoms with Crippen LogP contribution in [0.2, 0.25) is 0 Å². The molecule has 1 atom stereocenters. The second kappa shape index (κ2) is 8.48. The number of nitrogens with zero attached hydrogens (tertiary/aromatic N) is 2. The van der Waals surface area contributed by atoms with Crippen LogP contribution in [0, 0.1) is 0 Å². The highest BCUT2D eigenvalue weighted by molar-refractivity contribution is 5.92. The summed E-state index contributed by atoms with van der Waals surface area (Å²) in [6.45, 7) is 1.88. The van der Waals surface area contributed by atoms with E-state index in [0.29, 0.717) is 11.7 Å². The van der Waals surface area contributed by atoms with E-state index in [4.69, 9.17) is 9.47 Å². The van der Waals surface area contributed by atoms with Gasteiger partial charge in [0.05, 0.1) is 20.3 Å². The highest BCUT2D eigenvalue weighted by atomic mass is 16.5. The Balaban J connectivity index is 1.84. The van der Waals surface area contributed by atoms with E-state index in [1.54, 1.807) is 21.3 Å². The molecular formula is C21H29N3O3. The highest BCUT2D eigenvalue weighted by Gasteiger charge is 2.27. The first-order valence-corrected chi connectivity index (χ1v) is 9.41. The second-order valence-corrected chi connectivity index (χ2v) is 6.95. The van der Waals surface area contributed by atoms with E-state index < -0.39 is 0 Å². The van der Waals surface area contributed by atoms with Crippen LogP contribution in [0.3, 0.4) is 0 Å². The Morgan fingerprint density at radius 3 is 2.63 bits per heavy atom. The molecule has 0 radical (unpaired) electrons. The standard InChI is InChI=1S/C21H29N3O3/c1-22-21(25)18-10-9-16(23(18)2)17-7-5-6-12-24(17)14-15-8-11-19(26-3)20(13-15)27-4/h8-11,13,17H,5-7,12,14H2,1-4H3,(H,22,25)/t17-/m0/s1. The third-order valence-electron chi connectivity index (χ3n) is 5.41. The summed E-state index contributed by atoms with van der Waals surface area (Å²) < 4.78 is 12.8. The molecule has 0 bridgehead atoms. The van der Waals surface area contributed by atoms with Crippen LogP contribution in [0.4, 0.5) is 0 Å². The number of rotatable bonds is 6. The minimum atomic E-state index is -0.0500. The maximum absolute atomic E-state index is 12.1. The second-order valence-electron chi connectivity index (χ2n) is 6.95. The number of likely N-dealkylation sites (tertiary alicyclic amines) is 1. The van der Waals surface area contributed by atoms with Gasteiger partial charge in [-0.3, -0.25) is 9.69 Å². The molecule has 1 saturated heterocycles. The Morgan fingerprint density at radius 1 is 1.15 bits per heavy atom. The molecule has 1 aliphatic heterocycles. The Morgan fingerprint density at radius 2 is 1.93 bits per heavy atom. The molecule has 1 N–H and O–H groups in total. The van der Waals surface area contributed by atoms with Crippen molar-refractivity contribution in [2.24, 2.45) is 7.05 Å². The van der Waals surface area contributed by atoms with Crippen LogP contribution in [0.5, 0.6) is 11.5 Å². The minimum Gasteiger partial charge on any atom is -0.493 e. The van der Waals surface area contributed by atoms with Crippen LogP contribution in [0.1, 0.15) is 47.1 Å². The molecule has 0 spiro atoms. The molecule has 0 saturated carbocycles. The first-order chi connectivity index (χ1) is 13.1. The largest absolute Gasteiger partial charge is 0.493 e. The smallest absolute Gasteiger partial charge is 0.267 e. The lowest BCUT2D eigenvalue weighted by Gasteiger charge is -2.36. The molecule has 1 amide bonds. The van der Waals surface area contributed by atoms with Crippen molar-refractivity contribution in [2.75, 3.05) is 27.8 Å². The fourth-order valence-corrected chi connectivity index (χ4v) is 3.95. The van der Waals surface area contributed by atoms with Gasteiger partial charge in [-0.1, -0.05) is 12.5 Å². The zero-order valence-corrected chi connectivity index (χ0v) is 16.6. The van der Waals surface area contributed by atoms with Crippen molar-refractivity contribution in [3.05, 3.63) is 47.3 Å². The average Bonchev–Trinajstić information content (AvgIpc) is 3.09. The molecule has 1 aliphatic rings. The molecule has 6 heteroatoms. The monoisotopic (exact) mass is 371 g/mol. The quantitative estimate of drug-likeness (QED) is 0.848. The average molecular weight is 371 g/mol. The third kappa shape index (κ3) is 3.95. The van der Waals surface area contributed by atoms with E-state index in [2.05, 4.69) is 22.3 Å². The van der Waals surface area contributed by atoms with Gasteiger partial charge < -0.3 is 19.4 Å². The number of ether oxygens (including phenoxy) is 2. The minimum absolute atomic E-state index is 0.0500. The first kappa shape index (κ1) is 19.3. The molecule has 0 unspecified atom stereocenters. The van der Waals surface area contributed by atoms with Crippen LogP contribution in [0.15, 0.2) is 30.3 Å². The fourth-order valence-electron chi connectivity index (χ4n) is 3.95. The number of amides is 1. The number of carbonyl (C=O) groups is 1. The molecule has 1 aromatic heterocycles. The fraction of sp³-hybridized carbons (Fsp3) is 0.476. The highest BCUT2D eigenvalue weighted by Crippen LogP contribution is 2.34. The number of carbonyl (C=O) groups excluding carboxylic acids is 1. The van der Waals surface area contributed by atoms with Crippen molar-refractivity contribution in [3.63, 3.8) is 0 Å². The van der Waals surface area contributed by atoms with E-state index in [1.165, 1.54) is 24.1 Å². The molecular weight excluding hydrogens is 342 g/mol. The molecule has 146 valence electrons. The van der Waals surface area contributed by atoms with Gasteiger partial charge in [0.2, 0.25) is 0 Å². The lowest BCUT2D eigenvalue weighted by atomic mass is 9.98. The predicted molar refractivity (Wildman–Crippen MR) is 105 cm³/mol. The van der Waals surface area contributed by atoms with Crippen molar-refractivity contribution >= 4 is 5.91 Å². The molecule has 27 heavy (non-hydrogen) atoms. The van der Waals surface area contributed by atoms with Gasteiger partial charge >= 0.3 is 0 Å². The Labute approximate surface area is 161 Å². The number of methoxy groups -OCH3 is 2. The number of hydrogen-bond donors (Lipinski definition) is 1. The summed E-state index contributed by atoms with van der Waals surface area (Å²) in [7, 11) is 6.95. The Kier molecular flexibility index (Phi) is 6.06. The van der Waals surface area contributed by atoms with Crippen LogP contribution in [-0.4, -0.2) is 43.2 Å². The summed E-state index contributed by atoms with van der Waals surface area (Å²) in [4.78, 5) is 14.6. The van der Waals surface area contributed by atoms with Crippen molar-refractivity contribution < 1.29 is 14.3 Å². The van der Waals surface area contributed by atoms with Crippen LogP contribution in [0.25, 0.3) is 0 Å². The molecule has 3 rings (SSSR count). The normalized spacial score (nSPS) is 17.6. The molecule has 2 heterocycles. The van der Waals surface area contributed by atoms with Gasteiger partial charge in [0, 0.05) is 26.3 Å². The maximum atomic E-state index is 12.1. The number of piperidine rings is 1.